The van der Waals surface area contributed by atoms with Crippen molar-refractivity contribution in [1.82, 2.24) is 0 Å². The summed E-state index contributed by atoms with van der Waals surface area (Å²) in [6.07, 6.45) is -0.0496. The molecule has 0 fully saturated rings. The topological polar surface area (TPSA) is 46.6 Å². The Hall–Kier alpha value is -2.62. The summed E-state index contributed by atoms with van der Waals surface area (Å²) in [6, 6.07) is 15.6. The van der Waals surface area contributed by atoms with Gasteiger partial charge >= 0.3 is 6.09 Å². The van der Waals surface area contributed by atoms with E-state index in [0.29, 0.717) is 12.1 Å². The first kappa shape index (κ1) is 17.2. The highest BCUT2D eigenvalue weighted by atomic mass is 16.6. The molecule has 0 N–H and O–H groups in total. The van der Waals surface area contributed by atoms with Crippen molar-refractivity contribution in [2.24, 2.45) is 0 Å². The summed E-state index contributed by atoms with van der Waals surface area (Å²) in [6.45, 7) is 7.41. The van der Waals surface area contributed by atoms with Crippen LogP contribution in [0.25, 0.3) is 0 Å². The number of amides is 2. The van der Waals surface area contributed by atoms with Crippen LogP contribution in [0.3, 0.4) is 0 Å². The van der Waals surface area contributed by atoms with Gasteiger partial charge in [-0.25, -0.2) is 9.69 Å². The maximum Gasteiger partial charge on any atom is 0.421 e. The summed E-state index contributed by atoms with van der Waals surface area (Å²) in [5, 5.41) is 0. The Morgan fingerprint density at radius 1 is 1.08 bits per heavy atom. The normalized spacial score (nSPS) is 16.7. The van der Waals surface area contributed by atoms with Crippen molar-refractivity contribution in [3.63, 3.8) is 0 Å². The molecule has 0 aliphatic carbocycles. The van der Waals surface area contributed by atoms with E-state index in [2.05, 4.69) is 0 Å². The summed E-state index contributed by atoms with van der Waals surface area (Å²) in [5.41, 5.74) is 3.10. The van der Waals surface area contributed by atoms with Crippen LogP contribution < -0.4 is 4.90 Å². The van der Waals surface area contributed by atoms with Crippen molar-refractivity contribution >= 4 is 17.7 Å². The van der Waals surface area contributed by atoms with Gasteiger partial charge in [0.15, 0.2) is 0 Å². The lowest BCUT2D eigenvalue weighted by Gasteiger charge is -2.24. The number of benzene rings is 2. The fourth-order valence-corrected chi connectivity index (χ4v) is 3.05. The predicted molar refractivity (Wildman–Crippen MR) is 97.8 cm³/mol. The first-order valence-electron chi connectivity index (χ1n) is 8.48. The molecule has 4 heteroatoms. The van der Waals surface area contributed by atoms with E-state index in [0.717, 1.165) is 11.1 Å². The third-order valence-electron chi connectivity index (χ3n) is 4.21. The van der Waals surface area contributed by atoms with Crippen molar-refractivity contribution in [3.8, 4) is 0 Å². The Morgan fingerprint density at radius 2 is 1.72 bits per heavy atom. The van der Waals surface area contributed by atoms with Gasteiger partial charge in [0.1, 0.15) is 5.60 Å². The van der Waals surface area contributed by atoms with Crippen LogP contribution in [0.2, 0.25) is 0 Å². The number of hydrogen-bond donors (Lipinski definition) is 0. The molecule has 0 aromatic heterocycles. The van der Waals surface area contributed by atoms with Gasteiger partial charge in [0.25, 0.3) is 0 Å². The van der Waals surface area contributed by atoms with Crippen molar-refractivity contribution < 1.29 is 14.3 Å². The van der Waals surface area contributed by atoms with Gasteiger partial charge in [0.2, 0.25) is 5.91 Å². The van der Waals surface area contributed by atoms with Crippen molar-refractivity contribution in [1.29, 1.82) is 0 Å². The summed E-state index contributed by atoms with van der Waals surface area (Å²) < 4.78 is 5.43. The number of nitrogens with zero attached hydrogens (tertiary/aromatic N) is 1. The SMILES string of the molecule is Cc1ccc(CC2C(=O)N(C(=O)OC(C)(C)C)c3ccccc32)cc1. The highest BCUT2D eigenvalue weighted by Crippen LogP contribution is 2.39. The molecular weight excluding hydrogens is 314 g/mol. The number of rotatable bonds is 2. The summed E-state index contributed by atoms with van der Waals surface area (Å²) in [5.74, 6) is -0.595. The summed E-state index contributed by atoms with van der Waals surface area (Å²) in [7, 11) is 0. The molecule has 2 aromatic rings. The number of carbonyl (C=O) groups excluding carboxylic acids is 2. The van der Waals surface area contributed by atoms with Crippen molar-refractivity contribution in [2.75, 3.05) is 4.90 Å². The van der Waals surface area contributed by atoms with Gasteiger partial charge in [-0.3, -0.25) is 4.79 Å². The number of anilines is 1. The van der Waals surface area contributed by atoms with Crippen LogP contribution >= 0.6 is 0 Å². The second-order valence-electron chi connectivity index (χ2n) is 7.46. The molecule has 2 aromatic carbocycles. The van der Waals surface area contributed by atoms with E-state index >= 15 is 0 Å². The maximum absolute atomic E-state index is 13.0. The van der Waals surface area contributed by atoms with Gasteiger partial charge < -0.3 is 4.74 Å². The van der Waals surface area contributed by atoms with E-state index in [1.807, 2.05) is 49.4 Å². The number of carbonyl (C=O) groups is 2. The third kappa shape index (κ3) is 3.58. The predicted octanol–water partition coefficient (Wildman–Crippen LogP) is 4.60. The Bertz CT molecular complexity index is 803. The average Bonchev–Trinajstić information content (AvgIpc) is 2.80. The van der Waals surface area contributed by atoms with Crippen LogP contribution in [0.5, 0.6) is 0 Å². The zero-order chi connectivity index (χ0) is 18.2. The Morgan fingerprint density at radius 3 is 2.36 bits per heavy atom. The second-order valence-corrected chi connectivity index (χ2v) is 7.46. The molecule has 1 aliphatic rings. The largest absolute Gasteiger partial charge is 0.443 e. The molecule has 0 spiro atoms. The van der Waals surface area contributed by atoms with E-state index < -0.39 is 11.7 Å². The van der Waals surface area contributed by atoms with E-state index in [9.17, 15) is 9.59 Å². The van der Waals surface area contributed by atoms with Crippen molar-refractivity contribution in [3.05, 3.63) is 65.2 Å². The average molecular weight is 337 g/mol. The smallest absolute Gasteiger partial charge is 0.421 e. The van der Waals surface area contributed by atoms with Gasteiger partial charge in [-0.2, -0.15) is 0 Å². The van der Waals surface area contributed by atoms with E-state index in [4.69, 9.17) is 4.74 Å². The van der Waals surface area contributed by atoms with Crippen LogP contribution in [0.1, 0.15) is 43.4 Å². The van der Waals surface area contributed by atoms with Gasteiger partial charge in [-0.15, -0.1) is 0 Å². The van der Waals surface area contributed by atoms with Crippen LogP contribution in [0.15, 0.2) is 48.5 Å². The quantitative estimate of drug-likeness (QED) is 0.804. The van der Waals surface area contributed by atoms with Gasteiger partial charge in [0, 0.05) is 0 Å². The zero-order valence-corrected chi connectivity index (χ0v) is 15.1. The van der Waals surface area contributed by atoms with Gasteiger partial charge in [0.05, 0.1) is 11.6 Å². The van der Waals surface area contributed by atoms with E-state index in [1.54, 1.807) is 26.8 Å². The molecule has 1 atom stereocenters. The monoisotopic (exact) mass is 337 g/mol. The molecular formula is C21H23NO3. The lowest BCUT2D eigenvalue weighted by Crippen LogP contribution is -2.39. The number of hydrogen-bond acceptors (Lipinski definition) is 3. The fraction of sp³-hybridized carbons (Fsp3) is 0.333. The minimum atomic E-state index is -0.651. The minimum absolute atomic E-state index is 0.226. The molecule has 3 rings (SSSR count). The van der Waals surface area contributed by atoms with Crippen molar-refractivity contribution in [2.45, 2.75) is 45.6 Å². The fourth-order valence-electron chi connectivity index (χ4n) is 3.05. The van der Waals surface area contributed by atoms with E-state index in [1.165, 1.54) is 10.5 Å². The molecule has 25 heavy (non-hydrogen) atoms. The molecule has 4 nitrogen and oxygen atoms in total. The molecule has 1 unspecified atom stereocenters. The second kappa shape index (κ2) is 6.36. The molecule has 0 radical (unpaired) electrons. The highest BCUT2D eigenvalue weighted by Gasteiger charge is 2.42. The first-order chi connectivity index (χ1) is 11.8. The van der Waals surface area contributed by atoms with Crippen LogP contribution in [0, 0.1) is 6.92 Å². The molecule has 130 valence electrons. The first-order valence-corrected chi connectivity index (χ1v) is 8.48. The lowest BCUT2D eigenvalue weighted by molar-refractivity contribution is -0.119. The van der Waals surface area contributed by atoms with Crippen LogP contribution in [0.4, 0.5) is 10.5 Å². The Kier molecular flexibility index (Phi) is 4.38. The molecule has 0 saturated heterocycles. The Labute approximate surface area is 148 Å². The van der Waals surface area contributed by atoms with Gasteiger partial charge in [-0.05, 0) is 51.3 Å². The molecule has 1 aliphatic heterocycles. The van der Waals surface area contributed by atoms with Crippen LogP contribution in [-0.2, 0) is 16.0 Å². The summed E-state index contributed by atoms with van der Waals surface area (Å²) in [4.78, 5) is 26.7. The van der Waals surface area contributed by atoms with E-state index in [-0.39, 0.29) is 11.8 Å². The number of imide groups is 1. The Balaban J connectivity index is 1.92. The number of aryl methyl sites for hydroxylation is 1. The number of fused-ring (bicyclic) bond motifs is 1. The highest BCUT2D eigenvalue weighted by molar-refractivity contribution is 6.19. The van der Waals surface area contributed by atoms with Crippen LogP contribution in [-0.4, -0.2) is 17.6 Å². The molecule has 2 amide bonds. The minimum Gasteiger partial charge on any atom is -0.443 e. The molecule has 1 heterocycles. The van der Waals surface area contributed by atoms with Gasteiger partial charge in [-0.1, -0.05) is 48.0 Å². The molecule has 0 saturated carbocycles. The number of ether oxygens (including phenoxy) is 1. The maximum atomic E-state index is 13.0. The zero-order valence-electron chi connectivity index (χ0n) is 15.1. The third-order valence-corrected chi connectivity index (χ3v) is 4.21. The number of para-hydroxylation sites is 1. The standard InChI is InChI=1S/C21H23NO3/c1-14-9-11-15(12-10-14)13-17-16-7-5-6-8-18(16)22(19(17)23)20(24)25-21(2,3)4/h5-12,17H,13H2,1-4H3. The lowest BCUT2D eigenvalue weighted by atomic mass is 9.93. The molecule has 0 bridgehead atoms. The summed E-state index contributed by atoms with van der Waals surface area (Å²) >= 11 is 0.